The molecular weight excluding hydrogens is 427 g/mol. The molecule has 0 aliphatic rings. The van der Waals surface area contributed by atoms with Crippen LogP contribution in [0.5, 0.6) is 17.2 Å². The lowest BCUT2D eigenvalue weighted by Crippen LogP contribution is -2.34. The Morgan fingerprint density at radius 2 is 1.53 bits per heavy atom. The molecule has 7 heteroatoms. The van der Waals surface area contributed by atoms with Crippen LogP contribution in [-0.2, 0) is 13.1 Å². The lowest BCUT2D eigenvalue weighted by Gasteiger charge is -2.27. The van der Waals surface area contributed by atoms with Gasteiger partial charge in [0.25, 0.3) is 0 Å². The van der Waals surface area contributed by atoms with Gasteiger partial charge >= 0.3 is 0 Å². The number of halogens is 1. The second kappa shape index (κ2) is 11.3. The molecule has 0 fully saturated rings. The van der Waals surface area contributed by atoms with Crippen LogP contribution in [0.25, 0.3) is 0 Å². The van der Waals surface area contributed by atoms with E-state index in [1.165, 1.54) is 12.1 Å². The lowest BCUT2D eigenvalue weighted by molar-refractivity contribution is 0.341. The van der Waals surface area contributed by atoms with Gasteiger partial charge in [-0.3, -0.25) is 0 Å². The lowest BCUT2D eigenvalue weighted by atomic mass is 10.1. The van der Waals surface area contributed by atoms with Crippen molar-refractivity contribution in [2.45, 2.75) is 20.0 Å². The van der Waals surface area contributed by atoms with Gasteiger partial charge in [-0.25, -0.2) is 4.39 Å². The molecule has 0 unspecified atom stereocenters. The molecule has 168 valence electrons. The molecule has 1 N–H and O–H groups in total. The van der Waals surface area contributed by atoms with E-state index < -0.39 is 0 Å². The number of nitrogens with one attached hydrogen (secondary N) is 1. The first-order chi connectivity index (χ1) is 15.5. The third-order valence-electron chi connectivity index (χ3n) is 4.82. The molecule has 3 rings (SSSR count). The summed E-state index contributed by atoms with van der Waals surface area (Å²) in [5.74, 6) is 1.76. The highest BCUT2D eigenvalue weighted by Gasteiger charge is 2.15. The molecule has 0 bridgehead atoms. The normalized spacial score (nSPS) is 10.4. The summed E-state index contributed by atoms with van der Waals surface area (Å²) >= 11 is 5.76. The number of benzene rings is 3. The summed E-state index contributed by atoms with van der Waals surface area (Å²) in [6, 6.07) is 19.8. The highest BCUT2D eigenvalue weighted by molar-refractivity contribution is 7.80. The van der Waals surface area contributed by atoms with Crippen LogP contribution in [0, 0.1) is 5.82 Å². The van der Waals surface area contributed by atoms with Gasteiger partial charge in [0.1, 0.15) is 11.6 Å². The fraction of sp³-hybridized carbons (Fsp3) is 0.240. The van der Waals surface area contributed by atoms with E-state index in [2.05, 4.69) is 5.32 Å². The van der Waals surface area contributed by atoms with Gasteiger partial charge in [0.15, 0.2) is 16.6 Å². The number of rotatable bonds is 9. The van der Waals surface area contributed by atoms with Crippen LogP contribution in [-0.4, -0.2) is 30.8 Å². The molecule has 0 heterocycles. The van der Waals surface area contributed by atoms with E-state index in [4.69, 9.17) is 26.4 Å². The Kier molecular flexibility index (Phi) is 8.27. The van der Waals surface area contributed by atoms with E-state index in [-0.39, 0.29) is 5.82 Å². The fourth-order valence-corrected chi connectivity index (χ4v) is 3.49. The first-order valence-electron chi connectivity index (χ1n) is 10.3. The van der Waals surface area contributed by atoms with Crippen molar-refractivity contribution in [1.82, 2.24) is 4.90 Å². The molecule has 0 radical (unpaired) electrons. The maximum atomic E-state index is 13.4. The first-order valence-corrected chi connectivity index (χ1v) is 10.7. The van der Waals surface area contributed by atoms with Crippen molar-refractivity contribution in [3.05, 3.63) is 83.7 Å². The molecule has 0 saturated heterocycles. The summed E-state index contributed by atoms with van der Waals surface area (Å²) in [6.07, 6.45) is 0. The van der Waals surface area contributed by atoms with Crippen LogP contribution >= 0.6 is 12.2 Å². The van der Waals surface area contributed by atoms with Crippen LogP contribution in [0.4, 0.5) is 10.1 Å². The molecular formula is C25H27FN2O3S. The maximum Gasteiger partial charge on any atom is 0.174 e. The summed E-state index contributed by atoms with van der Waals surface area (Å²) in [5.41, 5.74) is 2.72. The van der Waals surface area contributed by atoms with Crippen molar-refractivity contribution in [3.63, 3.8) is 0 Å². The van der Waals surface area contributed by atoms with Gasteiger partial charge in [0.05, 0.1) is 26.5 Å². The number of methoxy groups -OCH3 is 2. The number of hydrogen-bond acceptors (Lipinski definition) is 4. The van der Waals surface area contributed by atoms with Crippen molar-refractivity contribution >= 4 is 23.0 Å². The molecule has 0 amide bonds. The van der Waals surface area contributed by atoms with E-state index in [0.717, 1.165) is 22.6 Å². The average molecular weight is 455 g/mol. The van der Waals surface area contributed by atoms with Crippen molar-refractivity contribution < 1.29 is 18.6 Å². The van der Waals surface area contributed by atoms with Gasteiger partial charge < -0.3 is 24.4 Å². The Labute approximate surface area is 193 Å². The van der Waals surface area contributed by atoms with Crippen molar-refractivity contribution in [1.29, 1.82) is 0 Å². The summed E-state index contributed by atoms with van der Waals surface area (Å²) in [5, 5.41) is 3.83. The monoisotopic (exact) mass is 454 g/mol. The molecule has 0 spiro atoms. The van der Waals surface area contributed by atoms with E-state index in [9.17, 15) is 4.39 Å². The van der Waals surface area contributed by atoms with E-state index >= 15 is 0 Å². The Bertz CT molecular complexity index is 1040. The molecule has 32 heavy (non-hydrogen) atoms. The molecule has 0 atom stereocenters. The minimum Gasteiger partial charge on any atom is -0.493 e. The van der Waals surface area contributed by atoms with Gasteiger partial charge in [-0.2, -0.15) is 0 Å². The predicted octanol–water partition coefficient (Wildman–Crippen LogP) is 5.64. The minimum atomic E-state index is -0.272. The second-order valence-electron chi connectivity index (χ2n) is 7.03. The van der Waals surface area contributed by atoms with E-state index in [1.54, 1.807) is 26.4 Å². The quantitative estimate of drug-likeness (QED) is 0.422. The van der Waals surface area contributed by atoms with Gasteiger partial charge in [0, 0.05) is 13.1 Å². The third-order valence-corrected chi connectivity index (χ3v) is 5.18. The molecule has 3 aromatic carbocycles. The molecule has 0 aliphatic heterocycles. The highest BCUT2D eigenvalue weighted by atomic mass is 32.1. The zero-order valence-corrected chi connectivity index (χ0v) is 19.2. The molecule has 5 nitrogen and oxygen atoms in total. The van der Waals surface area contributed by atoms with Gasteiger partial charge in [-0.15, -0.1) is 0 Å². The summed E-state index contributed by atoms with van der Waals surface area (Å²) < 4.78 is 29.9. The minimum absolute atomic E-state index is 0.272. The van der Waals surface area contributed by atoms with E-state index in [0.29, 0.717) is 36.3 Å². The van der Waals surface area contributed by atoms with Crippen LogP contribution in [0.15, 0.2) is 66.7 Å². The topological polar surface area (TPSA) is 43.0 Å². The molecule has 3 aromatic rings. The zero-order chi connectivity index (χ0) is 22.9. The second-order valence-corrected chi connectivity index (χ2v) is 7.42. The smallest absolute Gasteiger partial charge is 0.174 e. The van der Waals surface area contributed by atoms with Crippen LogP contribution in [0.3, 0.4) is 0 Å². The first kappa shape index (κ1) is 23.3. The largest absolute Gasteiger partial charge is 0.493 e. The Balaban J connectivity index is 1.86. The van der Waals surface area contributed by atoms with E-state index in [1.807, 2.05) is 54.3 Å². The van der Waals surface area contributed by atoms with Gasteiger partial charge in [-0.05, 0) is 66.7 Å². The Hall–Kier alpha value is -3.32. The average Bonchev–Trinajstić information content (AvgIpc) is 2.81. The summed E-state index contributed by atoms with van der Waals surface area (Å²) in [4.78, 5) is 2.01. The molecule has 0 aliphatic carbocycles. The van der Waals surface area contributed by atoms with Gasteiger partial charge in [-0.1, -0.05) is 30.3 Å². The molecule has 0 saturated carbocycles. The predicted molar refractivity (Wildman–Crippen MR) is 129 cm³/mol. The number of para-hydroxylation sites is 2. The SMILES string of the molecule is CCOc1ccccc1NC(=S)N(Cc1ccc(F)cc1)Cc1ccc(OC)c(OC)c1. The zero-order valence-electron chi connectivity index (χ0n) is 18.4. The summed E-state index contributed by atoms with van der Waals surface area (Å²) in [6.45, 7) is 3.50. The number of ether oxygens (including phenoxy) is 3. The maximum absolute atomic E-state index is 13.4. The van der Waals surface area contributed by atoms with Crippen LogP contribution in [0.1, 0.15) is 18.1 Å². The molecule has 0 aromatic heterocycles. The summed E-state index contributed by atoms with van der Waals surface area (Å²) in [7, 11) is 3.21. The Morgan fingerprint density at radius 3 is 2.22 bits per heavy atom. The highest BCUT2D eigenvalue weighted by Crippen LogP contribution is 2.29. The van der Waals surface area contributed by atoms with Crippen molar-refractivity contribution in [2.24, 2.45) is 0 Å². The number of hydrogen-bond donors (Lipinski definition) is 1. The van der Waals surface area contributed by atoms with Crippen molar-refractivity contribution in [3.8, 4) is 17.2 Å². The number of thiocarbonyl (C=S) groups is 1. The third kappa shape index (κ3) is 6.11. The van der Waals surface area contributed by atoms with Gasteiger partial charge in [0.2, 0.25) is 0 Å². The van der Waals surface area contributed by atoms with Crippen LogP contribution < -0.4 is 19.5 Å². The van der Waals surface area contributed by atoms with Crippen molar-refractivity contribution in [2.75, 3.05) is 26.1 Å². The number of anilines is 1. The Morgan fingerprint density at radius 1 is 0.875 bits per heavy atom. The standard InChI is InChI=1S/C25H27FN2O3S/c1-4-31-22-8-6-5-7-21(22)27-25(32)28(16-18-9-12-20(26)13-10-18)17-19-11-14-23(29-2)24(15-19)30-3/h5-15H,4,16-17H2,1-3H3,(H,27,32). The fourth-order valence-electron chi connectivity index (χ4n) is 3.25. The van der Waals surface area contributed by atoms with Crippen LogP contribution in [0.2, 0.25) is 0 Å². The number of nitrogens with zero attached hydrogens (tertiary/aromatic N) is 1.